The summed E-state index contributed by atoms with van der Waals surface area (Å²) in [7, 11) is 2.03. The molecule has 1 heterocycles. The minimum Gasteiger partial charge on any atom is -0.338 e. The lowest BCUT2D eigenvalue weighted by atomic mass is 10.2. The average molecular weight is 241 g/mol. The van der Waals surface area contributed by atoms with Crippen molar-refractivity contribution in [3.63, 3.8) is 0 Å². The normalized spacial score (nSPS) is 11.2. The summed E-state index contributed by atoms with van der Waals surface area (Å²) < 4.78 is 2.06. The number of aromatic nitrogens is 2. The fourth-order valence-electron chi connectivity index (χ4n) is 1.78. The van der Waals surface area contributed by atoms with Crippen molar-refractivity contribution in [1.29, 1.82) is 0 Å². The van der Waals surface area contributed by atoms with Gasteiger partial charge in [-0.25, -0.2) is 4.98 Å². The van der Waals surface area contributed by atoms with E-state index in [9.17, 15) is 0 Å². The van der Waals surface area contributed by atoms with Gasteiger partial charge in [-0.1, -0.05) is 42.5 Å². The Morgan fingerprint density at radius 3 is 2.83 bits per heavy atom. The van der Waals surface area contributed by atoms with Gasteiger partial charge in [-0.15, -0.1) is 0 Å². The van der Waals surface area contributed by atoms with Crippen molar-refractivity contribution >= 4 is 6.08 Å². The highest BCUT2D eigenvalue weighted by Crippen LogP contribution is 2.00. The number of imidazole rings is 1. The lowest BCUT2D eigenvalue weighted by Gasteiger charge is -2.02. The molecule has 0 radical (unpaired) electrons. The number of hydrogen-bond donors (Lipinski definition) is 1. The molecular weight excluding hydrogens is 222 g/mol. The highest BCUT2D eigenvalue weighted by molar-refractivity contribution is 5.48. The van der Waals surface area contributed by atoms with Gasteiger partial charge in [0.2, 0.25) is 0 Å². The molecule has 0 saturated heterocycles. The summed E-state index contributed by atoms with van der Waals surface area (Å²) in [5.74, 6) is 1.12. The van der Waals surface area contributed by atoms with Crippen LogP contribution in [0.1, 0.15) is 11.4 Å². The molecule has 0 unspecified atom stereocenters. The van der Waals surface area contributed by atoms with Gasteiger partial charge in [0.05, 0.1) is 0 Å². The molecule has 3 heteroatoms. The van der Waals surface area contributed by atoms with Crippen LogP contribution in [0.4, 0.5) is 0 Å². The predicted molar refractivity (Wildman–Crippen MR) is 75.3 cm³/mol. The first-order chi connectivity index (χ1) is 8.86. The Morgan fingerprint density at radius 2 is 2.11 bits per heavy atom. The highest BCUT2D eigenvalue weighted by Gasteiger charge is 1.96. The van der Waals surface area contributed by atoms with Crippen LogP contribution in [-0.2, 0) is 13.5 Å². The molecule has 18 heavy (non-hydrogen) atoms. The van der Waals surface area contributed by atoms with Crippen LogP contribution in [0.3, 0.4) is 0 Å². The van der Waals surface area contributed by atoms with Gasteiger partial charge in [0.25, 0.3) is 0 Å². The maximum Gasteiger partial charge on any atom is 0.109 e. The smallest absolute Gasteiger partial charge is 0.109 e. The van der Waals surface area contributed by atoms with E-state index in [0.717, 1.165) is 25.3 Å². The van der Waals surface area contributed by atoms with Crippen molar-refractivity contribution in [1.82, 2.24) is 14.9 Å². The number of aryl methyl sites for hydroxylation is 1. The quantitative estimate of drug-likeness (QED) is 0.786. The van der Waals surface area contributed by atoms with Crippen molar-refractivity contribution in [3.8, 4) is 0 Å². The average Bonchev–Trinajstić information content (AvgIpc) is 2.81. The van der Waals surface area contributed by atoms with E-state index in [2.05, 4.69) is 39.2 Å². The van der Waals surface area contributed by atoms with Crippen LogP contribution in [0.5, 0.6) is 0 Å². The number of rotatable bonds is 6. The fraction of sp³-hybridized carbons (Fsp3) is 0.267. The maximum absolute atomic E-state index is 4.29. The molecule has 0 amide bonds. The molecule has 1 aromatic carbocycles. The van der Waals surface area contributed by atoms with Crippen LogP contribution in [0, 0.1) is 0 Å². The van der Waals surface area contributed by atoms with Crippen LogP contribution < -0.4 is 5.32 Å². The zero-order valence-electron chi connectivity index (χ0n) is 10.7. The maximum atomic E-state index is 4.29. The summed E-state index contributed by atoms with van der Waals surface area (Å²) in [4.78, 5) is 4.29. The van der Waals surface area contributed by atoms with Crippen LogP contribution in [0.15, 0.2) is 48.8 Å². The molecule has 1 aromatic heterocycles. The second kappa shape index (κ2) is 6.77. The van der Waals surface area contributed by atoms with Gasteiger partial charge in [-0.2, -0.15) is 0 Å². The topological polar surface area (TPSA) is 29.9 Å². The molecule has 3 nitrogen and oxygen atoms in total. The van der Waals surface area contributed by atoms with Crippen molar-refractivity contribution in [3.05, 3.63) is 60.2 Å². The Kier molecular flexibility index (Phi) is 4.73. The van der Waals surface area contributed by atoms with Gasteiger partial charge in [-0.05, 0) is 5.56 Å². The number of hydrogen-bond acceptors (Lipinski definition) is 2. The largest absolute Gasteiger partial charge is 0.338 e. The second-order valence-electron chi connectivity index (χ2n) is 4.22. The molecule has 0 spiro atoms. The molecule has 0 atom stereocenters. The van der Waals surface area contributed by atoms with E-state index in [1.807, 2.05) is 37.6 Å². The Morgan fingerprint density at radius 1 is 1.28 bits per heavy atom. The molecule has 0 aliphatic rings. The third-order valence-corrected chi connectivity index (χ3v) is 2.82. The second-order valence-corrected chi connectivity index (χ2v) is 4.22. The van der Waals surface area contributed by atoms with E-state index in [-0.39, 0.29) is 0 Å². The van der Waals surface area contributed by atoms with E-state index >= 15 is 0 Å². The summed E-state index contributed by atoms with van der Waals surface area (Å²) in [6, 6.07) is 10.3. The van der Waals surface area contributed by atoms with Gasteiger partial charge in [0, 0.05) is 39.0 Å². The zero-order valence-corrected chi connectivity index (χ0v) is 10.7. The third-order valence-electron chi connectivity index (χ3n) is 2.82. The van der Waals surface area contributed by atoms with Gasteiger partial charge >= 0.3 is 0 Å². The van der Waals surface area contributed by atoms with Crippen molar-refractivity contribution < 1.29 is 0 Å². The molecule has 0 bridgehead atoms. The third kappa shape index (κ3) is 3.86. The summed E-state index contributed by atoms with van der Waals surface area (Å²) >= 11 is 0. The monoisotopic (exact) mass is 241 g/mol. The Hall–Kier alpha value is -1.87. The predicted octanol–water partition coefficient (Wildman–Crippen LogP) is 2.27. The fourth-order valence-corrected chi connectivity index (χ4v) is 1.78. The van der Waals surface area contributed by atoms with Crippen molar-refractivity contribution in [2.24, 2.45) is 7.05 Å². The Balaban J connectivity index is 1.65. The highest BCUT2D eigenvalue weighted by atomic mass is 15.0. The number of nitrogens with zero attached hydrogens (tertiary/aromatic N) is 2. The molecule has 94 valence electrons. The Labute approximate surface area is 108 Å². The lowest BCUT2D eigenvalue weighted by molar-refractivity contribution is 0.693. The van der Waals surface area contributed by atoms with Gasteiger partial charge < -0.3 is 9.88 Å². The first kappa shape index (κ1) is 12.6. The van der Waals surface area contributed by atoms with Crippen LogP contribution in [-0.4, -0.2) is 22.6 Å². The molecule has 2 rings (SSSR count). The number of nitrogens with one attached hydrogen (secondary N) is 1. The van der Waals surface area contributed by atoms with Crippen molar-refractivity contribution in [2.45, 2.75) is 6.42 Å². The van der Waals surface area contributed by atoms with Crippen molar-refractivity contribution in [2.75, 3.05) is 13.1 Å². The van der Waals surface area contributed by atoms with E-state index in [0.29, 0.717) is 0 Å². The minimum absolute atomic E-state index is 0.888. The van der Waals surface area contributed by atoms with Gasteiger partial charge in [0.1, 0.15) is 5.82 Å². The SMILES string of the molecule is Cn1ccnc1CCNCC=Cc1ccccc1. The molecule has 1 N–H and O–H groups in total. The summed E-state index contributed by atoms with van der Waals surface area (Å²) in [6.45, 7) is 1.84. The molecule has 2 aromatic rings. The molecule has 0 aliphatic carbocycles. The van der Waals surface area contributed by atoms with Crippen LogP contribution >= 0.6 is 0 Å². The number of benzene rings is 1. The Bertz CT molecular complexity index is 485. The molecule has 0 saturated carbocycles. The standard InChI is InChI=1S/C15H19N3/c1-18-13-12-17-15(18)9-11-16-10-5-8-14-6-3-2-4-7-14/h2-8,12-13,16H,9-11H2,1H3. The molecular formula is C15H19N3. The van der Waals surface area contributed by atoms with Crippen LogP contribution in [0.2, 0.25) is 0 Å². The van der Waals surface area contributed by atoms with E-state index in [1.54, 1.807) is 0 Å². The van der Waals surface area contributed by atoms with E-state index in [1.165, 1.54) is 5.56 Å². The summed E-state index contributed by atoms with van der Waals surface area (Å²) in [5, 5.41) is 3.38. The molecule has 0 fully saturated rings. The molecule has 0 aliphatic heterocycles. The zero-order chi connectivity index (χ0) is 12.6. The van der Waals surface area contributed by atoms with Gasteiger partial charge in [-0.3, -0.25) is 0 Å². The minimum atomic E-state index is 0.888. The van der Waals surface area contributed by atoms with Crippen LogP contribution in [0.25, 0.3) is 6.08 Å². The summed E-state index contributed by atoms with van der Waals surface area (Å²) in [5.41, 5.74) is 1.24. The first-order valence-electron chi connectivity index (χ1n) is 6.25. The lowest BCUT2D eigenvalue weighted by Crippen LogP contribution is -2.18. The first-order valence-corrected chi connectivity index (χ1v) is 6.25. The summed E-state index contributed by atoms with van der Waals surface area (Å²) in [6.07, 6.45) is 9.06. The van der Waals surface area contributed by atoms with Gasteiger partial charge in [0.15, 0.2) is 0 Å². The van der Waals surface area contributed by atoms with E-state index < -0.39 is 0 Å². The van der Waals surface area contributed by atoms with E-state index in [4.69, 9.17) is 0 Å².